The molecular weight excluding hydrogens is 212 g/mol. The lowest BCUT2D eigenvalue weighted by Crippen LogP contribution is -2.05. The van der Waals surface area contributed by atoms with E-state index in [2.05, 4.69) is 9.97 Å². The first-order valence-corrected chi connectivity index (χ1v) is 4.93. The van der Waals surface area contributed by atoms with Crippen LogP contribution in [0.2, 0.25) is 5.15 Å². The molecule has 2 N–H and O–H groups in total. The van der Waals surface area contributed by atoms with E-state index < -0.39 is 0 Å². The van der Waals surface area contributed by atoms with Crippen LogP contribution in [0.15, 0.2) is 24.5 Å². The van der Waals surface area contributed by atoms with Crippen LogP contribution in [-0.2, 0) is 13.6 Å². The van der Waals surface area contributed by atoms with Crippen molar-refractivity contribution in [1.29, 1.82) is 0 Å². The molecule has 0 spiro atoms. The van der Waals surface area contributed by atoms with Gasteiger partial charge < -0.3 is 10.3 Å². The van der Waals surface area contributed by atoms with Crippen molar-refractivity contribution in [2.45, 2.75) is 6.54 Å². The molecule has 0 amide bonds. The molecule has 2 aromatic rings. The molecule has 0 aliphatic carbocycles. The molecule has 2 heterocycles. The third kappa shape index (κ3) is 1.73. The second-order valence-corrected chi connectivity index (χ2v) is 3.52. The first kappa shape index (κ1) is 10.1. The fraction of sp³-hybridized carbons (Fsp3) is 0.200. The smallest absolute Gasteiger partial charge is 0.155 e. The molecule has 5 heteroatoms. The Morgan fingerprint density at radius 3 is 2.60 bits per heavy atom. The highest BCUT2D eigenvalue weighted by molar-refractivity contribution is 6.32. The molecule has 0 aromatic carbocycles. The summed E-state index contributed by atoms with van der Waals surface area (Å²) < 4.78 is 1.90. The maximum absolute atomic E-state index is 6.06. The Hall–Kier alpha value is -1.39. The van der Waals surface area contributed by atoms with Gasteiger partial charge in [0.1, 0.15) is 5.82 Å². The summed E-state index contributed by atoms with van der Waals surface area (Å²) in [6.07, 6.45) is 3.45. The zero-order chi connectivity index (χ0) is 10.8. The minimum absolute atomic E-state index is 0.376. The van der Waals surface area contributed by atoms with Crippen molar-refractivity contribution in [3.63, 3.8) is 0 Å². The summed E-state index contributed by atoms with van der Waals surface area (Å²) >= 11 is 6.06. The van der Waals surface area contributed by atoms with E-state index in [9.17, 15) is 0 Å². The van der Waals surface area contributed by atoms with Crippen LogP contribution in [0.5, 0.6) is 0 Å². The van der Waals surface area contributed by atoms with Crippen molar-refractivity contribution in [2.75, 3.05) is 0 Å². The molecule has 0 atom stereocenters. The largest absolute Gasteiger partial charge is 0.329 e. The summed E-state index contributed by atoms with van der Waals surface area (Å²) in [5, 5.41) is 0.476. The van der Waals surface area contributed by atoms with Gasteiger partial charge in [0, 0.05) is 25.0 Å². The molecule has 2 rings (SSSR count). The zero-order valence-electron chi connectivity index (χ0n) is 8.31. The number of nitrogens with two attached hydrogens (primary N) is 1. The highest BCUT2D eigenvalue weighted by atomic mass is 35.5. The maximum Gasteiger partial charge on any atom is 0.155 e. The van der Waals surface area contributed by atoms with Crippen LogP contribution in [0, 0.1) is 0 Å². The lowest BCUT2D eigenvalue weighted by Gasteiger charge is -2.04. The van der Waals surface area contributed by atoms with E-state index in [1.165, 1.54) is 0 Å². The molecule has 78 valence electrons. The van der Waals surface area contributed by atoms with Crippen LogP contribution in [0.4, 0.5) is 0 Å². The van der Waals surface area contributed by atoms with E-state index in [-0.39, 0.29) is 0 Å². The second kappa shape index (κ2) is 4.00. The fourth-order valence-corrected chi connectivity index (χ4v) is 1.85. The highest BCUT2D eigenvalue weighted by Crippen LogP contribution is 2.27. The van der Waals surface area contributed by atoms with E-state index in [1.54, 1.807) is 12.4 Å². The summed E-state index contributed by atoms with van der Waals surface area (Å²) in [5.41, 5.74) is 7.42. The quantitative estimate of drug-likeness (QED) is 0.840. The Kier molecular flexibility index (Phi) is 2.70. The van der Waals surface area contributed by atoms with E-state index in [0.717, 1.165) is 17.1 Å². The molecule has 0 bridgehead atoms. The van der Waals surface area contributed by atoms with Crippen LogP contribution in [0.3, 0.4) is 0 Å². The topological polar surface area (TPSA) is 56.7 Å². The second-order valence-electron chi connectivity index (χ2n) is 3.17. The van der Waals surface area contributed by atoms with Gasteiger partial charge in [-0.2, -0.15) is 0 Å². The third-order valence-electron chi connectivity index (χ3n) is 2.28. The standard InChI is InChI=1S/C10H11ClN4/c1-15-8(6-12)14-10(11)9(15)7-2-4-13-5-3-7/h2-5H,6,12H2,1H3. The molecule has 0 aliphatic heterocycles. The van der Waals surface area contributed by atoms with Crippen LogP contribution in [0.25, 0.3) is 11.3 Å². The van der Waals surface area contributed by atoms with Gasteiger partial charge in [-0.25, -0.2) is 4.98 Å². The molecule has 2 aromatic heterocycles. The molecule has 4 nitrogen and oxygen atoms in total. The number of hydrogen-bond acceptors (Lipinski definition) is 3. The SMILES string of the molecule is Cn1c(CN)nc(Cl)c1-c1ccncc1. The number of pyridine rings is 1. The van der Waals surface area contributed by atoms with Crippen molar-refractivity contribution in [3.05, 3.63) is 35.5 Å². The summed E-state index contributed by atoms with van der Waals surface area (Å²) in [7, 11) is 1.90. The summed E-state index contributed by atoms with van der Waals surface area (Å²) in [5.74, 6) is 0.770. The average molecular weight is 223 g/mol. The molecule has 0 saturated carbocycles. The maximum atomic E-state index is 6.06. The van der Waals surface area contributed by atoms with E-state index in [4.69, 9.17) is 17.3 Å². The van der Waals surface area contributed by atoms with Gasteiger partial charge in [-0.3, -0.25) is 4.98 Å². The van der Waals surface area contributed by atoms with Crippen molar-refractivity contribution in [2.24, 2.45) is 12.8 Å². The number of imidazole rings is 1. The molecule has 0 fully saturated rings. The Bertz CT molecular complexity index is 464. The fourth-order valence-electron chi connectivity index (χ4n) is 1.51. The van der Waals surface area contributed by atoms with Crippen LogP contribution < -0.4 is 5.73 Å². The number of hydrogen-bond donors (Lipinski definition) is 1. The predicted octanol–water partition coefficient (Wildman–Crippen LogP) is 1.59. The predicted molar refractivity (Wildman–Crippen MR) is 59.3 cm³/mol. The highest BCUT2D eigenvalue weighted by Gasteiger charge is 2.13. The number of nitrogens with zero attached hydrogens (tertiary/aromatic N) is 3. The minimum atomic E-state index is 0.376. The average Bonchev–Trinajstić information content (AvgIpc) is 2.55. The molecule has 0 saturated heterocycles. The molecule has 0 radical (unpaired) electrons. The first-order chi connectivity index (χ1) is 7.24. The van der Waals surface area contributed by atoms with Gasteiger partial charge in [-0.15, -0.1) is 0 Å². The Morgan fingerprint density at radius 2 is 2.07 bits per heavy atom. The molecular formula is C10H11ClN4. The van der Waals surface area contributed by atoms with Gasteiger partial charge in [0.05, 0.1) is 12.2 Å². The Labute approximate surface area is 92.7 Å². The van der Waals surface area contributed by atoms with Gasteiger partial charge in [0.25, 0.3) is 0 Å². The van der Waals surface area contributed by atoms with Gasteiger partial charge in [0.2, 0.25) is 0 Å². The Balaban J connectivity index is 2.58. The van der Waals surface area contributed by atoms with Crippen molar-refractivity contribution < 1.29 is 0 Å². The molecule has 0 unspecified atom stereocenters. The van der Waals surface area contributed by atoms with Gasteiger partial charge in [0.15, 0.2) is 5.15 Å². The molecule has 15 heavy (non-hydrogen) atoms. The zero-order valence-corrected chi connectivity index (χ0v) is 9.07. The van der Waals surface area contributed by atoms with Crippen molar-refractivity contribution in [1.82, 2.24) is 14.5 Å². The Morgan fingerprint density at radius 1 is 1.40 bits per heavy atom. The monoisotopic (exact) mass is 222 g/mol. The van der Waals surface area contributed by atoms with Crippen molar-refractivity contribution >= 4 is 11.6 Å². The third-order valence-corrected chi connectivity index (χ3v) is 2.55. The lowest BCUT2D eigenvalue weighted by atomic mass is 10.2. The number of rotatable bonds is 2. The first-order valence-electron chi connectivity index (χ1n) is 4.55. The summed E-state index contributed by atoms with van der Waals surface area (Å²) in [6.45, 7) is 0.376. The van der Waals surface area contributed by atoms with Crippen molar-refractivity contribution in [3.8, 4) is 11.3 Å². The van der Waals surface area contributed by atoms with Crippen LogP contribution >= 0.6 is 11.6 Å². The van der Waals surface area contributed by atoms with Crippen LogP contribution in [0.1, 0.15) is 5.82 Å². The van der Waals surface area contributed by atoms with Crippen LogP contribution in [-0.4, -0.2) is 14.5 Å². The van der Waals surface area contributed by atoms with Gasteiger partial charge in [-0.1, -0.05) is 11.6 Å². The molecule has 0 aliphatic rings. The number of aromatic nitrogens is 3. The number of halogens is 1. The minimum Gasteiger partial charge on any atom is -0.329 e. The van der Waals surface area contributed by atoms with E-state index >= 15 is 0 Å². The summed E-state index contributed by atoms with van der Waals surface area (Å²) in [6, 6.07) is 3.78. The van der Waals surface area contributed by atoms with E-state index in [0.29, 0.717) is 11.7 Å². The van der Waals surface area contributed by atoms with E-state index in [1.807, 2.05) is 23.7 Å². The summed E-state index contributed by atoms with van der Waals surface area (Å²) in [4.78, 5) is 8.15. The van der Waals surface area contributed by atoms with Gasteiger partial charge in [-0.05, 0) is 12.1 Å². The lowest BCUT2D eigenvalue weighted by molar-refractivity contribution is 0.799. The van der Waals surface area contributed by atoms with Gasteiger partial charge >= 0.3 is 0 Å². The normalized spacial score (nSPS) is 10.6.